The summed E-state index contributed by atoms with van der Waals surface area (Å²) in [5, 5.41) is 3.67. The Bertz CT molecular complexity index is 128. The summed E-state index contributed by atoms with van der Waals surface area (Å²) in [5.41, 5.74) is 0.381. The Balaban J connectivity index is 0. The van der Waals surface area contributed by atoms with Gasteiger partial charge in [0.15, 0.2) is 0 Å². The zero-order valence-corrected chi connectivity index (χ0v) is 11.5. The highest BCUT2D eigenvalue weighted by atomic mass is 35.5. The maximum Gasteiger partial charge on any atom is 0.0184 e. The summed E-state index contributed by atoms with van der Waals surface area (Å²) in [4.78, 5) is 0. The average Bonchev–Trinajstić information content (AvgIpc) is 2.16. The summed E-state index contributed by atoms with van der Waals surface area (Å²) in [6.07, 6.45) is 9.65. The lowest BCUT2D eigenvalue weighted by Gasteiger charge is -2.34. The number of rotatable bonds is 9. The predicted octanol–water partition coefficient (Wildman–Crippen LogP) is 4.32. The standard InChI is InChI=1S/C13H27N.ClH/c1-5-9-13(10-6-2,11-7-3)14-12-8-4;/h8,14H,4-7,9-12H2,1-3H3;1H. The van der Waals surface area contributed by atoms with Gasteiger partial charge in [0, 0.05) is 12.1 Å². The number of nitrogens with one attached hydrogen (secondary N) is 1. The first-order valence-electron chi connectivity index (χ1n) is 6.10. The van der Waals surface area contributed by atoms with Gasteiger partial charge in [0.1, 0.15) is 0 Å². The Morgan fingerprint density at radius 2 is 1.40 bits per heavy atom. The molecule has 1 N–H and O–H groups in total. The lowest BCUT2D eigenvalue weighted by atomic mass is 9.84. The van der Waals surface area contributed by atoms with Crippen molar-refractivity contribution >= 4 is 12.4 Å². The van der Waals surface area contributed by atoms with Crippen molar-refractivity contribution in [3.8, 4) is 0 Å². The van der Waals surface area contributed by atoms with Gasteiger partial charge in [-0.05, 0) is 19.3 Å². The Hall–Kier alpha value is -0.0100. The van der Waals surface area contributed by atoms with E-state index in [-0.39, 0.29) is 12.4 Å². The van der Waals surface area contributed by atoms with E-state index < -0.39 is 0 Å². The van der Waals surface area contributed by atoms with Crippen molar-refractivity contribution in [1.82, 2.24) is 5.32 Å². The fourth-order valence-corrected chi connectivity index (χ4v) is 2.36. The van der Waals surface area contributed by atoms with Gasteiger partial charge >= 0.3 is 0 Å². The molecule has 92 valence electrons. The van der Waals surface area contributed by atoms with Gasteiger partial charge in [0.2, 0.25) is 0 Å². The maximum absolute atomic E-state index is 3.78. The molecule has 0 rings (SSSR count). The largest absolute Gasteiger partial charge is 0.308 e. The molecule has 0 spiro atoms. The molecule has 0 saturated carbocycles. The zero-order valence-electron chi connectivity index (χ0n) is 10.6. The monoisotopic (exact) mass is 233 g/mol. The van der Waals surface area contributed by atoms with E-state index in [2.05, 4.69) is 32.7 Å². The fraction of sp³-hybridized carbons (Fsp3) is 0.846. The van der Waals surface area contributed by atoms with Gasteiger partial charge in [-0.1, -0.05) is 46.1 Å². The molecule has 0 aliphatic rings. The second kappa shape index (κ2) is 10.5. The van der Waals surface area contributed by atoms with Crippen LogP contribution in [0, 0.1) is 0 Å². The summed E-state index contributed by atoms with van der Waals surface area (Å²) in [6.45, 7) is 11.5. The Morgan fingerprint density at radius 1 is 1.00 bits per heavy atom. The minimum atomic E-state index is 0. The summed E-state index contributed by atoms with van der Waals surface area (Å²) >= 11 is 0. The summed E-state index contributed by atoms with van der Waals surface area (Å²) in [5.74, 6) is 0. The molecule has 2 heteroatoms. The van der Waals surface area contributed by atoms with Crippen LogP contribution < -0.4 is 5.32 Å². The molecule has 0 heterocycles. The Labute approximate surface area is 102 Å². The zero-order chi connectivity index (χ0) is 10.9. The van der Waals surface area contributed by atoms with E-state index in [1.165, 1.54) is 38.5 Å². The smallest absolute Gasteiger partial charge is 0.0184 e. The van der Waals surface area contributed by atoms with Crippen LogP contribution in [-0.2, 0) is 0 Å². The molecule has 1 nitrogen and oxygen atoms in total. The second-order valence-corrected chi connectivity index (χ2v) is 4.20. The van der Waals surface area contributed by atoms with Crippen molar-refractivity contribution in [3.05, 3.63) is 12.7 Å². The first kappa shape index (κ1) is 17.4. The van der Waals surface area contributed by atoms with E-state index in [0.29, 0.717) is 5.54 Å². The van der Waals surface area contributed by atoms with Gasteiger partial charge in [-0.15, -0.1) is 19.0 Å². The van der Waals surface area contributed by atoms with Crippen LogP contribution in [0.25, 0.3) is 0 Å². The normalized spacial score (nSPS) is 10.9. The third-order valence-corrected chi connectivity index (χ3v) is 2.81. The maximum atomic E-state index is 3.78. The van der Waals surface area contributed by atoms with Gasteiger partial charge in [-0.3, -0.25) is 0 Å². The van der Waals surface area contributed by atoms with Crippen LogP contribution in [0.2, 0.25) is 0 Å². The van der Waals surface area contributed by atoms with Crippen molar-refractivity contribution in [2.75, 3.05) is 6.54 Å². The SMILES string of the molecule is C=CCNC(CCC)(CCC)CCC.Cl. The van der Waals surface area contributed by atoms with Crippen LogP contribution in [0.15, 0.2) is 12.7 Å². The van der Waals surface area contributed by atoms with Crippen molar-refractivity contribution in [3.63, 3.8) is 0 Å². The number of halogens is 1. The van der Waals surface area contributed by atoms with E-state index in [1.54, 1.807) is 0 Å². The van der Waals surface area contributed by atoms with Crippen LogP contribution in [0.4, 0.5) is 0 Å². The molecule has 0 aromatic rings. The minimum absolute atomic E-state index is 0. The molecule has 0 atom stereocenters. The second-order valence-electron chi connectivity index (χ2n) is 4.20. The highest BCUT2D eigenvalue weighted by Crippen LogP contribution is 2.25. The Kier molecular flexibility index (Phi) is 12.2. The lowest BCUT2D eigenvalue weighted by molar-refractivity contribution is 0.263. The van der Waals surface area contributed by atoms with Gasteiger partial charge in [-0.2, -0.15) is 0 Å². The van der Waals surface area contributed by atoms with Crippen molar-refractivity contribution in [1.29, 1.82) is 0 Å². The highest BCUT2D eigenvalue weighted by Gasteiger charge is 2.25. The first-order chi connectivity index (χ1) is 6.74. The van der Waals surface area contributed by atoms with Crippen molar-refractivity contribution < 1.29 is 0 Å². The van der Waals surface area contributed by atoms with Crippen LogP contribution in [0.5, 0.6) is 0 Å². The molecule has 0 aliphatic heterocycles. The molecule has 15 heavy (non-hydrogen) atoms. The van der Waals surface area contributed by atoms with E-state index in [0.717, 1.165) is 6.54 Å². The third-order valence-electron chi connectivity index (χ3n) is 2.81. The summed E-state index contributed by atoms with van der Waals surface area (Å²) in [7, 11) is 0. The van der Waals surface area contributed by atoms with Crippen molar-refractivity contribution in [2.24, 2.45) is 0 Å². The topological polar surface area (TPSA) is 12.0 Å². The number of hydrogen-bond donors (Lipinski definition) is 1. The molecule has 0 aromatic carbocycles. The molecule has 0 unspecified atom stereocenters. The third kappa shape index (κ3) is 6.97. The van der Waals surface area contributed by atoms with Gasteiger partial charge in [-0.25, -0.2) is 0 Å². The highest BCUT2D eigenvalue weighted by molar-refractivity contribution is 5.85. The van der Waals surface area contributed by atoms with E-state index in [1.807, 2.05) is 6.08 Å². The van der Waals surface area contributed by atoms with Gasteiger partial charge in [0.05, 0.1) is 0 Å². The molecule has 0 saturated heterocycles. The summed E-state index contributed by atoms with van der Waals surface area (Å²) < 4.78 is 0. The van der Waals surface area contributed by atoms with Gasteiger partial charge in [0.25, 0.3) is 0 Å². The lowest BCUT2D eigenvalue weighted by Crippen LogP contribution is -2.45. The van der Waals surface area contributed by atoms with Crippen LogP contribution >= 0.6 is 12.4 Å². The molecule has 0 bridgehead atoms. The fourth-order valence-electron chi connectivity index (χ4n) is 2.36. The Morgan fingerprint density at radius 3 is 1.67 bits per heavy atom. The quantitative estimate of drug-likeness (QED) is 0.585. The summed E-state index contributed by atoms with van der Waals surface area (Å²) in [6, 6.07) is 0. The molecular weight excluding hydrogens is 206 g/mol. The first-order valence-corrected chi connectivity index (χ1v) is 6.10. The predicted molar refractivity (Wildman–Crippen MR) is 72.9 cm³/mol. The van der Waals surface area contributed by atoms with Crippen LogP contribution in [0.3, 0.4) is 0 Å². The van der Waals surface area contributed by atoms with Crippen LogP contribution in [0.1, 0.15) is 59.3 Å². The van der Waals surface area contributed by atoms with E-state index in [9.17, 15) is 0 Å². The molecule has 0 radical (unpaired) electrons. The molecule has 0 aromatic heterocycles. The number of hydrogen-bond acceptors (Lipinski definition) is 1. The molecule has 0 aliphatic carbocycles. The van der Waals surface area contributed by atoms with Crippen molar-refractivity contribution in [2.45, 2.75) is 64.8 Å². The van der Waals surface area contributed by atoms with E-state index >= 15 is 0 Å². The molecular formula is C13H28ClN. The van der Waals surface area contributed by atoms with E-state index in [4.69, 9.17) is 0 Å². The van der Waals surface area contributed by atoms with Crippen LogP contribution in [-0.4, -0.2) is 12.1 Å². The molecule has 0 amide bonds. The minimum Gasteiger partial charge on any atom is -0.308 e. The molecule has 0 fully saturated rings. The average molecular weight is 234 g/mol. The van der Waals surface area contributed by atoms with Gasteiger partial charge < -0.3 is 5.32 Å².